The molecule has 2 fully saturated rings. The normalized spacial score (nSPS) is 29.4. The monoisotopic (exact) mass is 294 g/mol. The zero-order valence-corrected chi connectivity index (χ0v) is 13.0. The molecule has 3 nitrogen and oxygen atoms in total. The van der Waals surface area contributed by atoms with E-state index in [1.54, 1.807) is 12.1 Å². The third-order valence-corrected chi connectivity index (χ3v) is 5.40. The first kappa shape index (κ1) is 14.2. The Morgan fingerprint density at radius 2 is 2.00 bits per heavy atom. The number of halogens is 1. The van der Waals surface area contributed by atoms with Crippen LogP contribution in [0.5, 0.6) is 5.75 Å². The van der Waals surface area contributed by atoms with Gasteiger partial charge in [-0.15, -0.1) is 0 Å². The first-order valence-electron chi connectivity index (χ1n) is 7.50. The van der Waals surface area contributed by atoms with Gasteiger partial charge in [0.15, 0.2) is 0 Å². The smallest absolute Gasteiger partial charge is 0.120 e. The number of phenolic OH excluding ortho intramolecular Hbond substituents is 1. The maximum Gasteiger partial charge on any atom is 0.120 e. The largest absolute Gasteiger partial charge is 0.508 e. The summed E-state index contributed by atoms with van der Waals surface area (Å²) in [6.07, 6.45) is 3.86. The number of likely N-dealkylation sites (N-methyl/N-ethyl adjacent to an activating group) is 1. The maximum atomic E-state index is 10.1. The summed E-state index contributed by atoms with van der Waals surface area (Å²) in [5, 5.41) is 10.8. The predicted octanol–water partition coefficient (Wildman–Crippen LogP) is 3.28. The van der Waals surface area contributed by atoms with Crippen LogP contribution in [0.25, 0.3) is 0 Å². The molecule has 1 aromatic rings. The number of benzene rings is 1. The van der Waals surface area contributed by atoms with Crippen molar-refractivity contribution < 1.29 is 5.11 Å². The summed E-state index contributed by atoms with van der Waals surface area (Å²) < 4.78 is 0. The van der Waals surface area contributed by atoms with Gasteiger partial charge in [0, 0.05) is 41.8 Å². The molecule has 4 heteroatoms. The third-order valence-electron chi connectivity index (χ3n) is 5.17. The molecular weight excluding hydrogens is 272 g/mol. The van der Waals surface area contributed by atoms with E-state index < -0.39 is 0 Å². The number of hydrogen-bond donors (Lipinski definition) is 1. The van der Waals surface area contributed by atoms with Gasteiger partial charge in [-0.1, -0.05) is 11.6 Å². The number of fused-ring (bicyclic) bond motifs is 2. The topological polar surface area (TPSA) is 26.7 Å². The maximum absolute atomic E-state index is 10.1. The lowest BCUT2D eigenvalue weighted by Crippen LogP contribution is -2.37. The number of nitrogens with zero attached hydrogens (tertiary/aromatic N) is 2. The fourth-order valence-corrected chi connectivity index (χ4v) is 3.92. The van der Waals surface area contributed by atoms with E-state index in [0.29, 0.717) is 16.8 Å². The Balaban J connectivity index is 1.80. The van der Waals surface area contributed by atoms with E-state index in [9.17, 15) is 5.11 Å². The van der Waals surface area contributed by atoms with Gasteiger partial charge in [0.25, 0.3) is 0 Å². The molecule has 0 aromatic heterocycles. The van der Waals surface area contributed by atoms with E-state index in [4.69, 9.17) is 11.6 Å². The standard InChI is InChI=1S/C16H23ClN2O/c1-11(15-9-12(17)3-6-16(15)20)19-8-7-13-4-5-14(10-19)18(13)2/h3,6,9,11,13-14,20H,4-5,7-8,10H2,1-2H3. The first-order valence-corrected chi connectivity index (χ1v) is 7.88. The Labute approximate surface area is 126 Å². The van der Waals surface area contributed by atoms with Gasteiger partial charge in [-0.3, -0.25) is 9.80 Å². The quantitative estimate of drug-likeness (QED) is 0.907. The summed E-state index contributed by atoms with van der Waals surface area (Å²) in [7, 11) is 2.26. The molecule has 3 atom stereocenters. The van der Waals surface area contributed by atoms with Crippen molar-refractivity contribution in [2.45, 2.75) is 44.3 Å². The van der Waals surface area contributed by atoms with Crippen molar-refractivity contribution in [3.05, 3.63) is 28.8 Å². The molecule has 0 spiro atoms. The minimum Gasteiger partial charge on any atom is -0.508 e. The molecule has 110 valence electrons. The molecule has 2 bridgehead atoms. The average molecular weight is 295 g/mol. The molecule has 3 rings (SSSR count). The predicted molar refractivity (Wildman–Crippen MR) is 82.3 cm³/mol. The molecule has 0 amide bonds. The van der Waals surface area contributed by atoms with Crippen molar-refractivity contribution in [1.82, 2.24) is 9.80 Å². The third kappa shape index (κ3) is 2.54. The van der Waals surface area contributed by atoms with Crippen LogP contribution in [0.4, 0.5) is 0 Å². The van der Waals surface area contributed by atoms with Gasteiger partial charge >= 0.3 is 0 Å². The van der Waals surface area contributed by atoms with E-state index in [-0.39, 0.29) is 6.04 Å². The van der Waals surface area contributed by atoms with Crippen LogP contribution in [0.3, 0.4) is 0 Å². The highest BCUT2D eigenvalue weighted by Crippen LogP contribution is 2.35. The SMILES string of the molecule is CC(c1cc(Cl)ccc1O)N1CCC2CCC(C1)N2C. The van der Waals surface area contributed by atoms with E-state index in [2.05, 4.69) is 23.8 Å². The van der Waals surface area contributed by atoms with Gasteiger partial charge in [-0.05, 0) is 51.4 Å². The van der Waals surface area contributed by atoms with E-state index in [0.717, 1.165) is 24.7 Å². The van der Waals surface area contributed by atoms with Gasteiger partial charge in [0.2, 0.25) is 0 Å². The zero-order valence-electron chi connectivity index (χ0n) is 12.2. The van der Waals surface area contributed by atoms with Crippen LogP contribution in [0.2, 0.25) is 5.02 Å². The molecule has 2 heterocycles. The first-order chi connectivity index (χ1) is 9.56. The van der Waals surface area contributed by atoms with Crippen molar-refractivity contribution in [2.75, 3.05) is 20.1 Å². The van der Waals surface area contributed by atoms with Gasteiger partial charge in [0.05, 0.1) is 0 Å². The highest BCUT2D eigenvalue weighted by molar-refractivity contribution is 6.30. The van der Waals surface area contributed by atoms with Crippen LogP contribution in [0.15, 0.2) is 18.2 Å². The molecule has 2 saturated heterocycles. The summed E-state index contributed by atoms with van der Waals surface area (Å²) in [4.78, 5) is 5.04. The summed E-state index contributed by atoms with van der Waals surface area (Å²) in [5.41, 5.74) is 0.943. The number of likely N-dealkylation sites (tertiary alicyclic amines) is 1. The molecule has 2 aliphatic rings. The van der Waals surface area contributed by atoms with Gasteiger partial charge in [0.1, 0.15) is 5.75 Å². The highest BCUT2D eigenvalue weighted by atomic mass is 35.5. The molecule has 2 aliphatic heterocycles. The van der Waals surface area contributed by atoms with Crippen molar-refractivity contribution >= 4 is 11.6 Å². The van der Waals surface area contributed by atoms with Crippen LogP contribution in [-0.2, 0) is 0 Å². The highest BCUT2D eigenvalue weighted by Gasteiger charge is 2.36. The summed E-state index contributed by atoms with van der Waals surface area (Å²) >= 11 is 6.08. The van der Waals surface area contributed by atoms with Gasteiger partial charge in [-0.2, -0.15) is 0 Å². The second-order valence-corrected chi connectivity index (χ2v) is 6.65. The summed E-state index contributed by atoms with van der Waals surface area (Å²) in [5.74, 6) is 0.352. The lowest BCUT2D eigenvalue weighted by Gasteiger charge is -2.31. The minimum atomic E-state index is 0.210. The Bertz CT molecular complexity index is 493. The second kappa shape index (κ2) is 5.55. The van der Waals surface area contributed by atoms with Crippen molar-refractivity contribution in [3.63, 3.8) is 0 Å². The van der Waals surface area contributed by atoms with Gasteiger partial charge in [-0.25, -0.2) is 0 Å². The molecule has 3 unspecified atom stereocenters. The molecule has 0 radical (unpaired) electrons. The number of hydrogen-bond acceptors (Lipinski definition) is 3. The summed E-state index contributed by atoms with van der Waals surface area (Å²) in [6, 6.07) is 6.95. The summed E-state index contributed by atoms with van der Waals surface area (Å²) in [6.45, 7) is 4.35. The number of phenols is 1. The fourth-order valence-electron chi connectivity index (χ4n) is 3.74. The number of aromatic hydroxyl groups is 1. The minimum absolute atomic E-state index is 0.210. The Morgan fingerprint density at radius 1 is 1.25 bits per heavy atom. The average Bonchev–Trinajstić information content (AvgIpc) is 2.65. The van der Waals surface area contributed by atoms with Gasteiger partial charge < -0.3 is 5.11 Å². The van der Waals surface area contributed by atoms with E-state index in [1.165, 1.54) is 19.3 Å². The zero-order chi connectivity index (χ0) is 14.3. The second-order valence-electron chi connectivity index (χ2n) is 6.21. The lowest BCUT2D eigenvalue weighted by molar-refractivity contribution is 0.179. The molecule has 1 N–H and O–H groups in total. The Hall–Kier alpha value is -0.770. The molecule has 20 heavy (non-hydrogen) atoms. The molecule has 0 saturated carbocycles. The van der Waals surface area contributed by atoms with Crippen LogP contribution in [0.1, 0.15) is 37.8 Å². The molecular formula is C16H23ClN2O. The van der Waals surface area contributed by atoms with Crippen LogP contribution < -0.4 is 0 Å². The van der Waals surface area contributed by atoms with Crippen molar-refractivity contribution in [3.8, 4) is 5.75 Å². The Morgan fingerprint density at radius 3 is 2.80 bits per heavy atom. The van der Waals surface area contributed by atoms with Crippen LogP contribution in [0, 0.1) is 0 Å². The molecule has 1 aromatic carbocycles. The molecule has 0 aliphatic carbocycles. The fraction of sp³-hybridized carbons (Fsp3) is 0.625. The van der Waals surface area contributed by atoms with Crippen LogP contribution >= 0.6 is 11.6 Å². The van der Waals surface area contributed by atoms with E-state index >= 15 is 0 Å². The number of rotatable bonds is 2. The van der Waals surface area contributed by atoms with E-state index in [1.807, 2.05) is 6.07 Å². The lowest BCUT2D eigenvalue weighted by atomic mass is 10.0. The van der Waals surface area contributed by atoms with Crippen molar-refractivity contribution in [2.24, 2.45) is 0 Å². The van der Waals surface area contributed by atoms with Crippen LogP contribution in [-0.4, -0.2) is 47.1 Å². The Kier molecular flexibility index (Phi) is 3.93. The van der Waals surface area contributed by atoms with Crippen molar-refractivity contribution in [1.29, 1.82) is 0 Å².